The summed E-state index contributed by atoms with van der Waals surface area (Å²) in [7, 11) is 1.31. The lowest BCUT2D eigenvalue weighted by Crippen LogP contribution is -2.45. The van der Waals surface area contributed by atoms with E-state index in [1.54, 1.807) is 24.3 Å². The van der Waals surface area contributed by atoms with Gasteiger partial charge in [0.15, 0.2) is 6.04 Å². The van der Waals surface area contributed by atoms with Crippen LogP contribution in [0.15, 0.2) is 30.3 Å². The van der Waals surface area contributed by atoms with E-state index in [0.717, 1.165) is 0 Å². The van der Waals surface area contributed by atoms with Crippen molar-refractivity contribution in [2.45, 2.75) is 26.0 Å². The second-order valence-electron chi connectivity index (χ2n) is 4.77. The van der Waals surface area contributed by atoms with Crippen LogP contribution in [0, 0.1) is 5.92 Å². The minimum atomic E-state index is -0.736. The highest BCUT2D eigenvalue weighted by Crippen LogP contribution is 2.30. The number of nitrogens with zero attached hydrogens (tertiary/aromatic N) is 1. The van der Waals surface area contributed by atoms with Gasteiger partial charge in [0.1, 0.15) is 6.10 Å². The number of amides is 1. The van der Waals surface area contributed by atoms with Gasteiger partial charge in [-0.1, -0.05) is 32.0 Å². The zero-order valence-electron chi connectivity index (χ0n) is 11.2. The molecule has 5 heteroatoms. The zero-order chi connectivity index (χ0) is 14.0. The number of esters is 1. The highest BCUT2D eigenvalue weighted by molar-refractivity contribution is 5.98. The maximum absolute atomic E-state index is 12.0. The first-order chi connectivity index (χ1) is 9.06. The summed E-state index contributed by atoms with van der Waals surface area (Å²) < 4.78 is 10.1. The fourth-order valence-corrected chi connectivity index (χ4v) is 2.21. The number of rotatable bonds is 3. The van der Waals surface area contributed by atoms with Crippen LogP contribution in [0.25, 0.3) is 0 Å². The molecule has 1 aliphatic heterocycles. The molecule has 0 bridgehead atoms. The summed E-state index contributed by atoms with van der Waals surface area (Å²) in [5, 5.41) is 0. The van der Waals surface area contributed by atoms with E-state index in [2.05, 4.69) is 0 Å². The fourth-order valence-electron chi connectivity index (χ4n) is 2.21. The number of para-hydroxylation sites is 1. The van der Waals surface area contributed by atoms with Crippen LogP contribution in [-0.2, 0) is 14.3 Å². The monoisotopic (exact) mass is 263 g/mol. The molecule has 2 atom stereocenters. The Bertz CT molecular complexity index is 472. The lowest BCUT2D eigenvalue weighted by atomic mass is 9.99. The second kappa shape index (κ2) is 5.30. The first-order valence-electron chi connectivity index (χ1n) is 6.19. The van der Waals surface area contributed by atoms with Gasteiger partial charge in [0.25, 0.3) is 0 Å². The number of carbonyl (C=O) groups is 2. The molecule has 0 aliphatic carbocycles. The molecule has 1 fully saturated rings. The third-order valence-corrected chi connectivity index (χ3v) is 3.16. The average Bonchev–Trinajstić information content (AvgIpc) is 2.76. The molecule has 0 spiro atoms. The van der Waals surface area contributed by atoms with Gasteiger partial charge in [-0.3, -0.25) is 4.90 Å². The van der Waals surface area contributed by atoms with Gasteiger partial charge < -0.3 is 9.47 Å². The van der Waals surface area contributed by atoms with Crippen molar-refractivity contribution >= 4 is 17.7 Å². The Morgan fingerprint density at radius 2 is 1.95 bits per heavy atom. The van der Waals surface area contributed by atoms with Crippen LogP contribution in [-0.4, -0.2) is 31.3 Å². The van der Waals surface area contributed by atoms with Gasteiger partial charge in [-0.2, -0.15) is 0 Å². The van der Waals surface area contributed by atoms with Crippen LogP contribution in [0.4, 0.5) is 10.5 Å². The SMILES string of the molecule is COC(=O)C1C(C(C)C)OC(=O)N1c1ccccc1. The lowest BCUT2D eigenvalue weighted by Gasteiger charge is -2.23. The molecule has 2 rings (SSSR count). The Morgan fingerprint density at radius 1 is 1.32 bits per heavy atom. The Morgan fingerprint density at radius 3 is 2.47 bits per heavy atom. The van der Waals surface area contributed by atoms with E-state index < -0.39 is 24.2 Å². The van der Waals surface area contributed by atoms with Crippen molar-refractivity contribution in [3.63, 3.8) is 0 Å². The molecular weight excluding hydrogens is 246 g/mol. The average molecular weight is 263 g/mol. The number of cyclic esters (lactones) is 1. The maximum atomic E-state index is 12.0. The molecule has 19 heavy (non-hydrogen) atoms. The molecular formula is C14H17NO4. The Hall–Kier alpha value is -2.04. The molecule has 1 amide bonds. The largest absolute Gasteiger partial charge is 0.467 e. The third-order valence-electron chi connectivity index (χ3n) is 3.16. The summed E-state index contributed by atoms with van der Waals surface area (Å²) in [5.41, 5.74) is 0.631. The minimum Gasteiger partial charge on any atom is -0.467 e. The number of benzene rings is 1. The van der Waals surface area contributed by atoms with Crippen LogP contribution in [0.2, 0.25) is 0 Å². The Labute approximate surface area is 112 Å². The molecule has 2 unspecified atom stereocenters. The quantitative estimate of drug-likeness (QED) is 0.784. The molecule has 1 aromatic rings. The van der Waals surface area contributed by atoms with Gasteiger partial charge in [-0.05, 0) is 18.1 Å². The maximum Gasteiger partial charge on any atom is 0.415 e. The van der Waals surface area contributed by atoms with Crippen molar-refractivity contribution in [1.29, 1.82) is 0 Å². The molecule has 102 valence electrons. The number of ether oxygens (including phenoxy) is 2. The number of carbonyl (C=O) groups excluding carboxylic acids is 2. The summed E-state index contributed by atoms with van der Waals surface area (Å²) in [5.74, 6) is -0.435. The van der Waals surface area contributed by atoms with E-state index >= 15 is 0 Å². The summed E-state index contributed by atoms with van der Waals surface area (Å²) in [6, 6.07) is 8.25. The highest BCUT2D eigenvalue weighted by Gasteiger charge is 2.48. The van der Waals surface area contributed by atoms with E-state index in [9.17, 15) is 9.59 Å². The number of hydrogen-bond donors (Lipinski definition) is 0. The van der Waals surface area contributed by atoms with Gasteiger partial charge in [0, 0.05) is 5.69 Å². The van der Waals surface area contributed by atoms with Crippen LogP contribution in [0.5, 0.6) is 0 Å². The van der Waals surface area contributed by atoms with E-state index in [-0.39, 0.29) is 5.92 Å². The minimum absolute atomic E-state index is 0.0294. The summed E-state index contributed by atoms with van der Waals surface area (Å²) in [6.45, 7) is 3.81. The molecule has 1 saturated heterocycles. The van der Waals surface area contributed by atoms with E-state index in [0.29, 0.717) is 5.69 Å². The van der Waals surface area contributed by atoms with Gasteiger partial charge >= 0.3 is 12.1 Å². The van der Waals surface area contributed by atoms with Crippen LogP contribution < -0.4 is 4.90 Å². The summed E-state index contributed by atoms with van der Waals surface area (Å²) >= 11 is 0. The lowest BCUT2D eigenvalue weighted by molar-refractivity contribution is -0.143. The Kier molecular flexibility index (Phi) is 3.74. The van der Waals surface area contributed by atoms with Crippen LogP contribution in [0.3, 0.4) is 0 Å². The van der Waals surface area contributed by atoms with Crippen molar-refractivity contribution < 1.29 is 19.1 Å². The summed E-state index contributed by atoms with van der Waals surface area (Å²) in [4.78, 5) is 25.3. The molecule has 0 radical (unpaired) electrons. The van der Waals surface area contributed by atoms with E-state index in [1.807, 2.05) is 19.9 Å². The Balaban J connectivity index is 2.40. The van der Waals surface area contributed by atoms with Crippen LogP contribution in [0.1, 0.15) is 13.8 Å². The van der Waals surface area contributed by atoms with Gasteiger partial charge in [-0.15, -0.1) is 0 Å². The first-order valence-corrected chi connectivity index (χ1v) is 6.19. The van der Waals surface area contributed by atoms with Crippen molar-refractivity contribution in [3.05, 3.63) is 30.3 Å². The highest BCUT2D eigenvalue weighted by atomic mass is 16.6. The number of hydrogen-bond acceptors (Lipinski definition) is 4. The molecule has 0 N–H and O–H groups in total. The predicted molar refractivity (Wildman–Crippen MR) is 69.8 cm³/mol. The third kappa shape index (κ3) is 2.41. The van der Waals surface area contributed by atoms with Crippen LogP contribution >= 0.6 is 0 Å². The molecule has 1 heterocycles. The normalized spacial score (nSPS) is 22.5. The van der Waals surface area contributed by atoms with E-state index in [1.165, 1.54) is 12.0 Å². The van der Waals surface area contributed by atoms with Crippen molar-refractivity contribution in [2.75, 3.05) is 12.0 Å². The second-order valence-corrected chi connectivity index (χ2v) is 4.77. The standard InChI is InChI=1S/C14H17NO4/c1-9(2)12-11(13(16)18-3)15(14(17)19-12)10-7-5-4-6-8-10/h4-9,11-12H,1-3H3. The summed E-state index contributed by atoms with van der Waals surface area (Å²) in [6.07, 6.45) is -1.01. The number of anilines is 1. The smallest absolute Gasteiger partial charge is 0.415 e. The van der Waals surface area contributed by atoms with Crippen molar-refractivity contribution in [3.8, 4) is 0 Å². The number of methoxy groups -OCH3 is 1. The molecule has 0 aromatic heterocycles. The zero-order valence-corrected chi connectivity index (χ0v) is 11.2. The predicted octanol–water partition coefficient (Wildman–Crippen LogP) is 2.21. The van der Waals surface area contributed by atoms with Crippen molar-refractivity contribution in [2.24, 2.45) is 5.92 Å². The molecule has 0 saturated carbocycles. The van der Waals surface area contributed by atoms with Crippen molar-refractivity contribution in [1.82, 2.24) is 0 Å². The fraction of sp³-hybridized carbons (Fsp3) is 0.429. The van der Waals surface area contributed by atoms with Gasteiger partial charge in [0.2, 0.25) is 0 Å². The first kappa shape index (κ1) is 13.4. The van der Waals surface area contributed by atoms with E-state index in [4.69, 9.17) is 9.47 Å². The van der Waals surface area contributed by atoms with Gasteiger partial charge in [-0.25, -0.2) is 9.59 Å². The molecule has 5 nitrogen and oxygen atoms in total. The van der Waals surface area contributed by atoms with Gasteiger partial charge in [0.05, 0.1) is 7.11 Å². The molecule has 1 aromatic carbocycles. The molecule has 1 aliphatic rings. The topological polar surface area (TPSA) is 55.8 Å².